The second-order valence-corrected chi connectivity index (χ2v) is 10.4. The van der Waals surface area contributed by atoms with Crippen LogP contribution in [0.5, 0.6) is 5.75 Å². The number of hydrogen-bond acceptors (Lipinski definition) is 10. The van der Waals surface area contributed by atoms with Gasteiger partial charge in [0.15, 0.2) is 5.82 Å². The summed E-state index contributed by atoms with van der Waals surface area (Å²) in [7, 11) is 5.23. The van der Waals surface area contributed by atoms with Gasteiger partial charge in [0, 0.05) is 25.2 Å². The minimum Gasteiger partial charge on any atom is -0.495 e. The number of likely N-dealkylation sites (N-methyl/N-ethyl adjacent to an activating group) is 1. The van der Waals surface area contributed by atoms with Gasteiger partial charge < -0.3 is 40.0 Å². The smallest absolute Gasteiger partial charge is 0.251 e. The first-order chi connectivity index (χ1) is 19.9. The van der Waals surface area contributed by atoms with Crippen molar-refractivity contribution in [2.24, 2.45) is 0 Å². The SMILES string of the molecule is CNCCC(C)OCCOCCNC(=O)c1ccc(Nc2ncc3c(n2)N(C2CCCC2)CC(=O)N3C)c(OC)c1. The van der Waals surface area contributed by atoms with E-state index in [1.165, 1.54) is 0 Å². The standard InChI is InChI=1S/C29H43N7O5/c1-20(11-12-30-2)41-16-15-40-14-13-31-28(38)21-9-10-23(25(17-21)39-4)33-29-32-18-24-27(34-29)36(19-26(37)35(24)3)22-7-5-6-8-22/h9-10,17-18,20,22,30H,5-8,11-16,19H2,1-4H3,(H,31,38)(H,32,33,34). The molecule has 4 rings (SSSR count). The second-order valence-electron chi connectivity index (χ2n) is 10.4. The van der Waals surface area contributed by atoms with Crippen LogP contribution in [0.2, 0.25) is 0 Å². The normalized spacial score (nSPS) is 16.0. The molecule has 1 unspecified atom stereocenters. The maximum absolute atomic E-state index is 12.7. The molecule has 12 nitrogen and oxygen atoms in total. The van der Waals surface area contributed by atoms with Gasteiger partial charge in [0.1, 0.15) is 11.4 Å². The average molecular weight is 570 g/mol. The highest BCUT2D eigenvalue weighted by Gasteiger charge is 2.34. The molecule has 2 aliphatic rings. The number of carbonyl (C=O) groups is 2. The van der Waals surface area contributed by atoms with Gasteiger partial charge >= 0.3 is 0 Å². The molecule has 0 saturated heterocycles. The summed E-state index contributed by atoms with van der Waals surface area (Å²) >= 11 is 0. The summed E-state index contributed by atoms with van der Waals surface area (Å²) in [6.07, 6.45) is 7.23. The molecule has 0 spiro atoms. The fraction of sp³-hybridized carbons (Fsp3) is 0.586. The maximum atomic E-state index is 12.7. The van der Waals surface area contributed by atoms with Gasteiger partial charge in [0.05, 0.1) is 51.5 Å². The Bertz CT molecular complexity index is 1170. The number of nitrogens with zero attached hydrogens (tertiary/aromatic N) is 4. The van der Waals surface area contributed by atoms with E-state index >= 15 is 0 Å². The van der Waals surface area contributed by atoms with Gasteiger partial charge in [-0.1, -0.05) is 12.8 Å². The molecule has 1 aromatic carbocycles. The lowest BCUT2D eigenvalue weighted by atomic mass is 10.1. The Hall–Kier alpha value is -3.48. The summed E-state index contributed by atoms with van der Waals surface area (Å²) in [6.45, 7) is 5.04. The third-order valence-corrected chi connectivity index (χ3v) is 7.50. The lowest BCUT2D eigenvalue weighted by Gasteiger charge is -2.37. The van der Waals surface area contributed by atoms with E-state index in [1.54, 1.807) is 43.5 Å². The fourth-order valence-electron chi connectivity index (χ4n) is 5.09. The summed E-state index contributed by atoms with van der Waals surface area (Å²) in [5, 5.41) is 9.20. The van der Waals surface area contributed by atoms with Gasteiger partial charge in [-0.3, -0.25) is 9.59 Å². The topological polar surface area (TPSA) is 130 Å². The summed E-state index contributed by atoms with van der Waals surface area (Å²) in [4.78, 5) is 38.3. The summed E-state index contributed by atoms with van der Waals surface area (Å²) in [5.41, 5.74) is 1.80. The predicted octanol–water partition coefficient (Wildman–Crippen LogP) is 2.72. The van der Waals surface area contributed by atoms with E-state index in [2.05, 4.69) is 25.8 Å². The van der Waals surface area contributed by atoms with Gasteiger partial charge in [0.25, 0.3) is 5.91 Å². The van der Waals surface area contributed by atoms with Crippen molar-refractivity contribution in [3.63, 3.8) is 0 Å². The molecular weight excluding hydrogens is 526 g/mol. The molecular formula is C29H43N7O5. The first-order valence-corrected chi connectivity index (χ1v) is 14.4. The number of hydrogen-bond donors (Lipinski definition) is 3. The molecule has 2 aromatic rings. The summed E-state index contributed by atoms with van der Waals surface area (Å²) in [6, 6.07) is 5.47. The number of benzene rings is 1. The zero-order valence-electron chi connectivity index (χ0n) is 24.6. The van der Waals surface area contributed by atoms with Crippen molar-refractivity contribution in [1.29, 1.82) is 0 Å². The van der Waals surface area contributed by atoms with Gasteiger partial charge in [0.2, 0.25) is 11.9 Å². The van der Waals surface area contributed by atoms with Crippen molar-refractivity contribution < 1.29 is 23.8 Å². The zero-order chi connectivity index (χ0) is 29.2. The van der Waals surface area contributed by atoms with E-state index in [-0.39, 0.29) is 17.9 Å². The first-order valence-electron chi connectivity index (χ1n) is 14.4. The molecule has 1 aliphatic heterocycles. The highest BCUT2D eigenvalue weighted by Crippen LogP contribution is 2.37. The van der Waals surface area contributed by atoms with Crippen LogP contribution in [0.15, 0.2) is 24.4 Å². The Labute approximate surface area is 242 Å². The number of methoxy groups -OCH3 is 1. The first kappa shape index (κ1) is 30.5. The van der Waals surface area contributed by atoms with Crippen LogP contribution in [0.25, 0.3) is 0 Å². The van der Waals surface area contributed by atoms with Crippen LogP contribution in [0, 0.1) is 0 Å². The zero-order valence-corrected chi connectivity index (χ0v) is 24.6. The molecule has 0 bridgehead atoms. The number of aromatic nitrogens is 2. The van der Waals surface area contributed by atoms with Crippen LogP contribution in [-0.2, 0) is 14.3 Å². The van der Waals surface area contributed by atoms with Crippen molar-refractivity contribution in [2.75, 3.05) is 75.8 Å². The number of rotatable bonds is 15. The van der Waals surface area contributed by atoms with Crippen molar-refractivity contribution in [1.82, 2.24) is 20.6 Å². The third kappa shape index (κ3) is 8.05. The van der Waals surface area contributed by atoms with Crippen LogP contribution < -0.4 is 30.5 Å². The molecule has 1 atom stereocenters. The Balaban J connectivity index is 1.32. The minimum atomic E-state index is -0.222. The maximum Gasteiger partial charge on any atom is 0.251 e. The van der Waals surface area contributed by atoms with Gasteiger partial charge in [-0.2, -0.15) is 4.98 Å². The number of fused-ring (bicyclic) bond motifs is 1. The van der Waals surface area contributed by atoms with Gasteiger partial charge in [-0.15, -0.1) is 0 Å². The van der Waals surface area contributed by atoms with Crippen LogP contribution in [0.3, 0.4) is 0 Å². The number of ether oxygens (including phenoxy) is 3. The monoisotopic (exact) mass is 569 g/mol. The summed E-state index contributed by atoms with van der Waals surface area (Å²) < 4.78 is 16.8. The molecule has 1 fully saturated rings. The average Bonchev–Trinajstić information content (AvgIpc) is 3.52. The van der Waals surface area contributed by atoms with E-state index in [0.717, 1.165) is 44.5 Å². The number of carbonyl (C=O) groups excluding carboxylic acids is 2. The molecule has 1 aromatic heterocycles. The lowest BCUT2D eigenvalue weighted by molar-refractivity contribution is -0.117. The van der Waals surface area contributed by atoms with Crippen molar-refractivity contribution in [2.45, 2.75) is 51.2 Å². The predicted molar refractivity (Wildman–Crippen MR) is 158 cm³/mol. The molecule has 2 amide bonds. The molecule has 224 valence electrons. The van der Waals surface area contributed by atoms with E-state index in [1.807, 2.05) is 14.0 Å². The Morgan fingerprint density at radius 1 is 1.17 bits per heavy atom. The third-order valence-electron chi connectivity index (χ3n) is 7.50. The van der Waals surface area contributed by atoms with Crippen LogP contribution in [-0.4, -0.2) is 94.6 Å². The summed E-state index contributed by atoms with van der Waals surface area (Å²) in [5.74, 6) is 1.45. The van der Waals surface area contributed by atoms with Gasteiger partial charge in [-0.25, -0.2) is 4.98 Å². The second kappa shape index (κ2) is 14.9. The van der Waals surface area contributed by atoms with Gasteiger partial charge in [-0.05, 0) is 58.0 Å². The van der Waals surface area contributed by atoms with Crippen LogP contribution in [0.1, 0.15) is 49.4 Å². The highest BCUT2D eigenvalue weighted by molar-refractivity contribution is 6.02. The molecule has 12 heteroatoms. The van der Waals surface area contributed by atoms with E-state index in [0.29, 0.717) is 67.6 Å². The Kier molecular flexibility index (Phi) is 11.1. The van der Waals surface area contributed by atoms with Crippen molar-refractivity contribution >= 4 is 35.0 Å². The fourth-order valence-corrected chi connectivity index (χ4v) is 5.09. The molecule has 0 radical (unpaired) electrons. The molecule has 2 heterocycles. The van der Waals surface area contributed by atoms with Crippen molar-refractivity contribution in [3.05, 3.63) is 30.0 Å². The highest BCUT2D eigenvalue weighted by atomic mass is 16.5. The minimum absolute atomic E-state index is 0.0372. The molecule has 1 saturated carbocycles. The molecule has 3 N–H and O–H groups in total. The van der Waals surface area contributed by atoms with E-state index in [4.69, 9.17) is 19.2 Å². The number of anilines is 4. The lowest BCUT2D eigenvalue weighted by Crippen LogP contribution is -2.48. The van der Waals surface area contributed by atoms with Crippen molar-refractivity contribution in [3.8, 4) is 5.75 Å². The van der Waals surface area contributed by atoms with E-state index in [9.17, 15) is 9.59 Å². The molecule has 41 heavy (non-hydrogen) atoms. The Morgan fingerprint density at radius 3 is 2.73 bits per heavy atom. The van der Waals surface area contributed by atoms with Crippen LogP contribution in [0.4, 0.5) is 23.1 Å². The van der Waals surface area contributed by atoms with Crippen LogP contribution >= 0.6 is 0 Å². The van der Waals surface area contributed by atoms with E-state index < -0.39 is 0 Å². The number of amides is 2. The number of nitrogens with one attached hydrogen (secondary N) is 3. The Morgan fingerprint density at radius 2 is 1.98 bits per heavy atom. The largest absolute Gasteiger partial charge is 0.495 e. The quantitative estimate of drug-likeness (QED) is 0.275. The molecule has 1 aliphatic carbocycles.